The summed E-state index contributed by atoms with van der Waals surface area (Å²) in [7, 11) is 0. The molecule has 2 aliphatic rings. The molecule has 2 aromatic rings. The molecule has 2 heterocycles. The summed E-state index contributed by atoms with van der Waals surface area (Å²) in [6, 6.07) is 10.4. The van der Waals surface area contributed by atoms with Crippen LogP contribution in [0.2, 0.25) is 5.02 Å². The lowest BCUT2D eigenvalue weighted by Crippen LogP contribution is -2.38. The number of hydrogen-bond acceptors (Lipinski definition) is 7. The SMILES string of the molecule is N#CC1=C(N)N(c2ccc(Br)cc2Cl)C2=C(C(=O)CCC2)C1c1ccc([N+](=O)[O-])s1. The third-order valence-corrected chi connectivity index (χ3v) is 7.04. The molecule has 0 saturated carbocycles. The lowest BCUT2D eigenvalue weighted by atomic mass is 9.78. The normalized spacial score (nSPS) is 19.0. The fourth-order valence-electron chi connectivity index (χ4n) is 3.90. The number of anilines is 1. The number of thiophene rings is 1. The Balaban J connectivity index is 1.96. The summed E-state index contributed by atoms with van der Waals surface area (Å²) in [6.45, 7) is 0. The highest BCUT2D eigenvalue weighted by molar-refractivity contribution is 9.10. The maximum atomic E-state index is 13.0. The van der Waals surface area contributed by atoms with Gasteiger partial charge in [-0.25, -0.2) is 0 Å². The van der Waals surface area contributed by atoms with Crippen molar-refractivity contribution in [1.29, 1.82) is 5.26 Å². The van der Waals surface area contributed by atoms with Gasteiger partial charge in [-0.15, -0.1) is 0 Å². The number of rotatable bonds is 3. The number of ketones is 1. The molecule has 0 saturated heterocycles. The second kappa shape index (κ2) is 7.87. The van der Waals surface area contributed by atoms with Crippen molar-refractivity contribution < 1.29 is 9.72 Å². The third kappa shape index (κ3) is 3.31. The third-order valence-electron chi connectivity index (χ3n) is 5.14. The minimum absolute atomic E-state index is 0.0512. The van der Waals surface area contributed by atoms with Crippen molar-refractivity contribution in [3.8, 4) is 6.07 Å². The van der Waals surface area contributed by atoms with E-state index in [1.54, 1.807) is 29.2 Å². The van der Waals surface area contributed by atoms with Gasteiger partial charge in [0.25, 0.3) is 0 Å². The van der Waals surface area contributed by atoms with Gasteiger partial charge in [0.2, 0.25) is 0 Å². The van der Waals surface area contributed by atoms with E-state index >= 15 is 0 Å². The zero-order valence-electron chi connectivity index (χ0n) is 15.4. The van der Waals surface area contributed by atoms with Gasteiger partial charge in [0.05, 0.1) is 33.2 Å². The molecule has 152 valence electrons. The zero-order chi connectivity index (χ0) is 21.6. The standard InChI is InChI=1S/C20H14BrClN4O3S/c21-10-4-5-13(12(22)8-10)25-14-2-1-3-15(27)19(14)18(11(9-23)20(25)24)16-6-7-17(30-16)26(28)29/h4-8,18H,1-3,24H2. The van der Waals surface area contributed by atoms with Gasteiger partial charge >= 0.3 is 5.00 Å². The number of carbonyl (C=O) groups is 1. The predicted octanol–water partition coefficient (Wildman–Crippen LogP) is 5.38. The highest BCUT2D eigenvalue weighted by Crippen LogP contribution is 2.49. The molecule has 10 heteroatoms. The smallest absolute Gasteiger partial charge is 0.324 e. The first-order valence-corrected chi connectivity index (χ1v) is 11.0. The summed E-state index contributed by atoms with van der Waals surface area (Å²) in [5.41, 5.74) is 8.36. The Morgan fingerprint density at radius 2 is 2.10 bits per heavy atom. The quantitative estimate of drug-likeness (QED) is 0.443. The second-order valence-electron chi connectivity index (χ2n) is 6.85. The Morgan fingerprint density at radius 1 is 1.33 bits per heavy atom. The van der Waals surface area contributed by atoms with Crippen LogP contribution in [0.5, 0.6) is 0 Å². The van der Waals surface area contributed by atoms with Gasteiger partial charge in [0.1, 0.15) is 5.82 Å². The molecule has 30 heavy (non-hydrogen) atoms. The summed E-state index contributed by atoms with van der Waals surface area (Å²) in [5, 5.41) is 21.5. The Kier molecular flexibility index (Phi) is 5.40. The van der Waals surface area contributed by atoms with Crippen LogP contribution in [0.1, 0.15) is 30.1 Å². The number of Topliss-reactive ketones (excluding diaryl/α,β-unsaturated/α-hetero) is 1. The summed E-state index contributed by atoms with van der Waals surface area (Å²) in [4.78, 5) is 25.9. The molecule has 0 bridgehead atoms. The van der Waals surface area contributed by atoms with Crippen LogP contribution in [0.25, 0.3) is 0 Å². The zero-order valence-corrected chi connectivity index (χ0v) is 18.6. The highest BCUT2D eigenvalue weighted by atomic mass is 79.9. The molecule has 1 aliphatic heterocycles. The molecule has 0 fully saturated rings. The van der Waals surface area contributed by atoms with E-state index in [-0.39, 0.29) is 22.2 Å². The van der Waals surface area contributed by atoms with Gasteiger partial charge in [-0.1, -0.05) is 38.9 Å². The van der Waals surface area contributed by atoms with E-state index < -0.39 is 10.8 Å². The van der Waals surface area contributed by atoms with E-state index in [1.807, 2.05) is 0 Å². The Hall–Kier alpha value is -2.67. The molecule has 4 rings (SSSR count). The van der Waals surface area contributed by atoms with Crippen LogP contribution in [-0.4, -0.2) is 10.7 Å². The van der Waals surface area contributed by atoms with E-state index in [4.69, 9.17) is 17.3 Å². The summed E-state index contributed by atoms with van der Waals surface area (Å²) in [6.07, 6.45) is 1.58. The Bertz CT molecular complexity index is 1200. The predicted molar refractivity (Wildman–Crippen MR) is 118 cm³/mol. The first-order chi connectivity index (χ1) is 14.3. The van der Waals surface area contributed by atoms with Crippen LogP contribution in [0, 0.1) is 21.4 Å². The Morgan fingerprint density at radius 3 is 2.73 bits per heavy atom. The van der Waals surface area contributed by atoms with Crippen molar-refractivity contribution in [2.45, 2.75) is 25.2 Å². The minimum Gasteiger partial charge on any atom is -0.384 e. The summed E-state index contributed by atoms with van der Waals surface area (Å²) < 4.78 is 0.786. The molecule has 2 N–H and O–H groups in total. The topological polar surface area (TPSA) is 113 Å². The average Bonchev–Trinajstić information content (AvgIpc) is 3.18. The number of nitro groups is 1. The summed E-state index contributed by atoms with van der Waals surface area (Å²) >= 11 is 10.8. The van der Waals surface area contributed by atoms with Crippen LogP contribution in [-0.2, 0) is 4.79 Å². The van der Waals surface area contributed by atoms with Gasteiger partial charge in [0.15, 0.2) is 5.78 Å². The molecular formula is C20H14BrClN4O3S. The average molecular weight is 506 g/mol. The van der Waals surface area contributed by atoms with Crippen molar-refractivity contribution in [2.75, 3.05) is 4.90 Å². The van der Waals surface area contributed by atoms with Crippen LogP contribution in [0.3, 0.4) is 0 Å². The Labute approximate surface area is 189 Å². The van der Waals surface area contributed by atoms with Gasteiger partial charge in [-0.2, -0.15) is 5.26 Å². The van der Waals surface area contributed by atoms with E-state index in [0.717, 1.165) is 15.8 Å². The molecule has 7 nitrogen and oxygen atoms in total. The monoisotopic (exact) mass is 504 g/mol. The van der Waals surface area contributed by atoms with E-state index in [1.165, 1.54) is 6.07 Å². The molecule has 1 unspecified atom stereocenters. The lowest BCUT2D eigenvalue weighted by molar-refractivity contribution is -0.380. The van der Waals surface area contributed by atoms with Gasteiger partial charge in [-0.3, -0.25) is 19.8 Å². The number of benzene rings is 1. The molecular weight excluding hydrogens is 492 g/mol. The van der Waals surface area contributed by atoms with E-state index in [9.17, 15) is 20.2 Å². The van der Waals surface area contributed by atoms with Crippen molar-refractivity contribution in [3.05, 3.63) is 77.5 Å². The molecule has 0 radical (unpaired) electrons. The largest absolute Gasteiger partial charge is 0.384 e. The van der Waals surface area contributed by atoms with Gasteiger partial charge < -0.3 is 5.73 Å². The highest BCUT2D eigenvalue weighted by Gasteiger charge is 2.41. The first kappa shape index (κ1) is 20.6. The molecule has 1 atom stereocenters. The van der Waals surface area contributed by atoms with Crippen molar-refractivity contribution >= 4 is 55.3 Å². The number of nitrogens with zero attached hydrogens (tertiary/aromatic N) is 3. The van der Waals surface area contributed by atoms with Crippen molar-refractivity contribution in [2.24, 2.45) is 5.73 Å². The van der Waals surface area contributed by atoms with Crippen molar-refractivity contribution in [1.82, 2.24) is 0 Å². The van der Waals surface area contributed by atoms with Crippen LogP contribution < -0.4 is 10.6 Å². The number of nitrogens with two attached hydrogens (primary N) is 1. The lowest BCUT2D eigenvalue weighted by Gasteiger charge is -2.39. The van der Waals surface area contributed by atoms with Crippen LogP contribution in [0.4, 0.5) is 10.7 Å². The molecule has 1 aromatic carbocycles. The molecule has 0 amide bonds. The molecule has 1 aliphatic carbocycles. The van der Waals surface area contributed by atoms with Crippen LogP contribution in [0.15, 0.2) is 57.5 Å². The second-order valence-corrected chi connectivity index (χ2v) is 9.26. The van der Waals surface area contributed by atoms with E-state index in [2.05, 4.69) is 22.0 Å². The van der Waals surface area contributed by atoms with E-state index in [0.29, 0.717) is 46.1 Å². The first-order valence-electron chi connectivity index (χ1n) is 8.98. The van der Waals surface area contributed by atoms with Crippen LogP contribution >= 0.6 is 38.9 Å². The number of carbonyl (C=O) groups excluding carboxylic acids is 1. The number of nitriles is 1. The van der Waals surface area contributed by atoms with Gasteiger partial charge in [-0.05, 0) is 37.1 Å². The maximum absolute atomic E-state index is 13.0. The molecule has 1 aromatic heterocycles. The number of hydrogen-bond donors (Lipinski definition) is 1. The van der Waals surface area contributed by atoms with Gasteiger partial charge in [0, 0.05) is 33.1 Å². The fourth-order valence-corrected chi connectivity index (χ4v) is 5.60. The molecule has 0 spiro atoms. The number of halogens is 2. The fraction of sp³-hybridized carbons (Fsp3) is 0.200. The number of allylic oxidation sites excluding steroid dienone is 3. The van der Waals surface area contributed by atoms with Crippen molar-refractivity contribution in [3.63, 3.8) is 0 Å². The minimum atomic E-state index is -0.720. The summed E-state index contributed by atoms with van der Waals surface area (Å²) in [5.74, 6) is -0.631. The maximum Gasteiger partial charge on any atom is 0.324 e.